The Labute approximate surface area is 129 Å². The van der Waals surface area contributed by atoms with Gasteiger partial charge in [-0.2, -0.15) is 18.4 Å². The fourth-order valence-electron chi connectivity index (χ4n) is 1.75. The lowest BCUT2D eigenvalue weighted by atomic mass is 10.1. The molecule has 2 rings (SSSR count). The molecule has 22 heavy (non-hydrogen) atoms. The van der Waals surface area contributed by atoms with Gasteiger partial charge in [0.15, 0.2) is 0 Å². The first-order chi connectivity index (χ1) is 10.3. The Balaban J connectivity index is 2.27. The van der Waals surface area contributed by atoms with Crippen molar-refractivity contribution in [2.24, 2.45) is 0 Å². The lowest BCUT2D eigenvalue weighted by Gasteiger charge is -2.14. The van der Waals surface area contributed by atoms with E-state index in [4.69, 9.17) is 22.6 Å². The van der Waals surface area contributed by atoms with Crippen LogP contribution in [0.25, 0.3) is 0 Å². The molecule has 0 amide bonds. The molecule has 1 aromatic heterocycles. The largest absolute Gasteiger partial charge is 0.417 e. The molecule has 0 radical (unpaired) electrons. The average molecular weight is 327 g/mol. The Bertz CT molecular complexity index is 721. The van der Waals surface area contributed by atoms with Crippen molar-refractivity contribution in [2.75, 3.05) is 11.1 Å². The highest BCUT2D eigenvalue weighted by atomic mass is 35.5. The minimum Gasteiger partial charge on any atom is -0.397 e. The SMILES string of the molecule is N#CCc1ccc(Nc2cc(Cl)c(C(F)(F)F)cc2N)cn1. The summed E-state index contributed by atoms with van der Waals surface area (Å²) in [6, 6.07) is 7.13. The van der Waals surface area contributed by atoms with Crippen molar-refractivity contribution >= 4 is 28.7 Å². The van der Waals surface area contributed by atoms with E-state index in [1.807, 2.05) is 6.07 Å². The maximum atomic E-state index is 12.7. The zero-order chi connectivity index (χ0) is 16.3. The van der Waals surface area contributed by atoms with E-state index >= 15 is 0 Å². The predicted octanol–water partition coefficient (Wildman–Crippen LogP) is 4.15. The van der Waals surface area contributed by atoms with Crippen LogP contribution in [0.3, 0.4) is 0 Å². The molecule has 0 bridgehead atoms. The first-order valence-corrected chi connectivity index (χ1v) is 6.44. The Hall–Kier alpha value is -2.46. The number of halogens is 4. The average Bonchev–Trinajstić information content (AvgIpc) is 2.43. The summed E-state index contributed by atoms with van der Waals surface area (Å²) in [6.07, 6.45) is -2.93. The number of pyridine rings is 1. The van der Waals surface area contributed by atoms with Crippen molar-refractivity contribution in [3.05, 3.63) is 46.7 Å². The predicted molar refractivity (Wildman–Crippen MR) is 77.7 cm³/mol. The van der Waals surface area contributed by atoms with Crippen molar-refractivity contribution in [3.8, 4) is 6.07 Å². The number of alkyl halides is 3. The summed E-state index contributed by atoms with van der Waals surface area (Å²) < 4.78 is 38.1. The molecule has 0 aliphatic carbocycles. The van der Waals surface area contributed by atoms with Gasteiger partial charge in [0.25, 0.3) is 0 Å². The molecule has 0 spiro atoms. The molecule has 4 nitrogen and oxygen atoms in total. The monoisotopic (exact) mass is 326 g/mol. The van der Waals surface area contributed by atoms with Gasteiger partial charge in [0.1, 0.15) is 0 Å². The van der Waals surface area contributed by atoms with E-state index in [9.17, 15) is 13.2 Å². The lowest BCUT2D eigenvalue weighted by molar-refractivity contribution is -0.137. The normalized spacial score (nSPS) is 11.0. The second-order valence-corrected chi connectivity index (χ2v) is 4.82. The number of hydrogen-bond donors (Lipinski definition) is 2. The van der Waals surface area contributed by atoms with Crippen molar-refractivity contribution in [3.63, 3.8) is 0 Å². The lowest BCUT2D eigenvalue weighted by Crippen LogP contribution is -2.08. The van der Waals surface area contributed by atoms with Gasteiger partial charge >= 0.3 is 6.18 Å². The number of nitriles is 1. The summed E-state index contributed by atoms with van der Waals surface area (Å²) in [4.78, 5) is 4.03. The molecule has 0 atom stereocenters. The quantitative estimate of drug-likeness (QED) is 0.831. The van der Waals surface area contributed by atoms with E-state index in [2.05, 4.69) is 10.3 Å². The van der Waals surface area contributed by atoms with E-state index in [0.717, 1.165) is 12.1 Å². The van der Waals surface area contributed by atoms with Crippen LogP contribution in [0.4, 0.5) is 30.2 Å². The fourth-order valence-corrected chi connectivity index (χ4v) is 2.03. The van der Waals surface area contributed by atoms with E-state index < -0.39 is 16.8 Å². The molecule has 3 N–H and O–H groups in total. The summed E-state index contributed by atoms with van der Waals surface area (Å²) in [5.74, 6) is 0. The highest BCUT2D eigenvalue weighted by Gasteiger charge is 2.33. The van der Waals surface area contributed by atoms with Crippen LogP contribution in [0, 0.1) is 11.3 Å². The molecule has 2 aromatic rings. The molecule has 0 saturated carbocycles. The Morgan fingerprint density at radius 2 is 2.05 bits per heavy atom. The van der Waals surface area contributed by atoms with Gasteiger partial charge < -0.3 is 11.1 Å². The third kappa shape index (κ3) is 3.59. The standard InChI is InChI=1S/C14H10ClF3N4/c15-11-6-13(12(20)5-10(11)14(16,17)18)22-9-2-1-8(3-4-19)21-7-9/h1-2,5-7,22H,3,20H2. The van der Waals surface area contributed by atoms with Crippen LogP contribution in [-0.4, -0.2) is 4.98 Å². The second-order valence-electron chi connectivity index (χ2n) is 4.42. The molecule has 0 aliphatic rings. The van der Waals surface area contributed by atoms with Crippen LogP contribution >= 0.6 is 11.6 Å². The van der Waals surface area contributed by atoms with Gasteiger partial charge in [-0.3, -0.25) is 4.98 Å². The topological polar surface area (TPSA) is 74.7 Å². The number of nitrogens with one attached hydrogen (secondary N) is 1. The minimum absolute atomic E-state index is 0.0853. The highest BCUT2D eigenvalue weighted by Crippen LogP contribution is 2.39. The Morgan fingerprint density at radius 3 is 2.59 bits per heavy atom. The third-order valence-corrected chi connectivity index (χ3v) is 3.12. The fraction of sp³-hybridized carbons (Fsp3) is 0.143. The van der Waals surface area contributed by atoms with Crippen LogP contribution in [0.1, 0.15) is 11.3 Å². The zero-order valence-electron chi connectivity index (χ0n) is 11.1. The van der Waals surface area contributed by atoms with Crippen LogP contribution in [0.15, 0.2) is 30.5 Å². The minimum atomic E-state index is -4.57. The maximum absolute atomic E-state index is 12.7. The number of nitrogen functional groups attached to an aromatic ring is 1. The van der Waals surface area contributed by atoms with Gasteiger partial charge in [-0.25, -0.2) is 0 Å². The van der Waals surface area contributed by atoms with Crippen LogP contribution in [0.2, 0.25) is 5.02 Å². The number of benzene rings is 1. The van der Waals surface area contributed by atoms with Crippen LogP contribution in [-0.2, 0) is 12.6 Å². The molecule has 114 valence electrons. The molecular weight excluding hydrogens is 317 g/mol. The van der Waals surface area contributed by atoms with Crippen molar-refractivity contribution in [1.82, 2.24) is 4.98 Å². The van der Waals surface area contributed by atoms with Crippen LogP contribution in [0.5, 0.6) is 0 Å². The Kier molecular flexibility index (Phi) is 4.43. The number of nitrogens with two attached hydrogens (primary N) is 1. The van der Waals surface area contributed by atoms with Crippen LogP contribution < -0.4 is 11.1 Å². The van der Waals surface area contributed by atoms with E-state index in [1.165, 1.54) is 6.20 Å². The van der Waals surface area contributed by atoms with Gasteiger partial charge in [0.2, 0.25) is 0 Å². The van der Waals surface area contributed by atoms with E-state index in [0.29, 0.717) is 11.4 Å². The first-order valence-electron chi connectivity index (χ1n) is 6.06. The number of rotatable bonds is 3. The van der Waals surface area contributed by atoms with E-state index in [-0.39, 0.29) is 17.8 Å². The van der Waals surface area contributed by atoms with Gasteiger partial charge in [-0.05, 0) is 24.3 Å². The van der Waals surface area contributed by atoms with Gasteiger partial charge in [-0.1, -0.05) is 11.6 Å². The maximum Gasteiger partial charge on any atom is 0.417 e. The number of nitrogens with zero attached hydrogens (tertiary/aromatic N) is 2. The molecular formula is C14H10ClF3N4. The summed E-state index contributed by atoms with van der Waals surface area (Å²) in [5.41, 5.74) is 5.91. The smallest absolute Gasteiger partial charge is 0.397 e. The second kappa shape index (κ2) is 6.12. The Morgan fingerprint density at radius 1 is 1.32 bits per heavy atom. The summed E-state index contributed by atoms with van der Waals surface area (Å²) in [6.45, 7) is 0. The van der Waals surface area contributed by atoms with Crippen molar-refractivity contribution in [2.45, 2.75) is 12.6 Å². The van der Waals surface area contributed by atoms with Gasteiger partial charge in [0.05, 0.1) is 52.0 Å². The third-order valence-electron chi connectivity index (χ3n) is 2.81. The first kappa shape index (κ1) is 15.9. The number of hydrogen-bond acceptors (Lipinski definition) is 4. The molecule has 0 fully saturated rings. The summed E-state index contributed by atoms with van der Waals surface area (Å²) >= 11 is 5.65. The number of anilines is 3. The highest BCUT2D eigenvalue weighted by molar-refractivity contribution is 6.32. The molecule has 1 heterocycles. The molecule has 0 aliphatic heterocycles. The van der Waals surface area contributed by atoms with Gasteiger partial charge in [0, 0.05) is 0 Å². The summed E-state index contributed by atoms with van der Waals surface area (Å²) in [5, 5.41) is 10.9. The number of aromatic nitrogens is 1. The molecule has 0 unspecified atom stereocenters. The molecule has 0 saturated heterocycles. The van der Waals surface area contributed by atoms with Crippen molar-refractivity contribution in [1.29, 1.82) is 5.26 Å². The van der Waals surface area contributed by atoms with Crippen molar-refractivity contribution < 1.29 is 13.2 Å². The molecule has 1 aromatic carbocycles. The summed E-state index contributed by atoms with van der Waals surface area (Å²) in [7, 11) is 0. The molecule has 8 heteroatoms. The zero-order valence-corrected chi connectivity index (χ0v) is 11.8. The van der Waals surface area contributed by atoms with Gasteiger partial charge in [-0.15, -0.1) is 0 Å². The van der Waals surface area contributed by atoms with E-state index in [1.54, 1.807) is 12.1 Å².